The molecule has 0 saturated carbocycles. The summed E-state index contributed by atoms with van der Waals surface area (Å²) in [5.74, 6) is 0.519. The van der Waals surface area contributed by atoms with Gasteiger partial charge in [0.1, 0.15) is 6.04 Å². The molecule has 2 aliphatic heterocycles. The van der Waals surface area contributed by atoms with Crippen LogP contribution in [0.2, 0.25) is 0 Å². The Morgan fingerprint density at radius 1 is 1.24 bits per heavy atom. The molecule has 3 heterocycles. The Hall–Kier alpha value is -2.18. The number of carbonyl (C=O) groups excluding carboxylic acids is 2. The monoisotopic (exact) mass is 289 g/mol. The van der Waals surface area contributed by atoms with Gasteiger partial charge in [0.2, 0.25) is 17.8 Å². The predicted molar refractivity (Wildman–Crippen MR) is 76.6 cm³/mol. The van der Waals surface area contributed by atoms with E-state index in [1.807, 2.05) is 4.90 Å². The molecule has 0 aromatic carbocycles. The highest BCUT2D eigenvalue weighted by Crippen LogP contribution is 2.23. The molecule has 7 nitrogen and oxygen atoms in total. The number of hydrogen-bond donors (Lipinski definition) is 1. The molecule has 2 fully saturated rings. The molecular formula is C14H19N5O2. The van der Waals surface area contributed by atoms with E-state index in [-0.39, 0.29) is 24.4 Å². The lowest BCUT2D eigenvalue weighted by Crippen LogP contribution is -2.48. The molecule has 2 aliphatic rings. The lowest BCUT2D eigenvalue weighted by molar-refractivity contribution is -0.136. The van der Waals surface area contributed by atoms with Gasteiger partial charge in [-0.2, -0.15) is 0 Å². The third kappa shape index (κ3) is 2.96. The number of carbonyl (C=O) groups is 2. The normalized spacial score (nSPS) is 22.9. The molecule has 3 rings (SSSR count). The SMILES string of the molecule is O=C1CN(C(=O)C2CCCN2c2ncccn2)CCCN1. The van der Waals surface area contributed by atoms with Gasteiger partial charge in [-0.15, -0.1) is 0 Å². The summed E-state index contributed by atoms with van der Waals surface area (Å²) in [6, 6.07) is 1.51. The molecule has 1 aromatic heterocycles. The predicted octanol–water partition coefficient (Wildman–Crippen LogP) is -0.206. The van der Waals surface area contributed by atoms with E-state index in [2.05, 4.69) is 15.3 Å². The molecule has 0 bridgehead atoms. The molecule has 1 atom stereocenters. The molecule has 21 heavy (non-hydrogen) atoms. The third-order valence-electron chi connectivity index (χ3n) is 3.92. The first-order valence-electron chi connectivity index (χ1n) is 7.35. The van der Waals surface area contributed by atoms with Crippen molar-refractivity contribution < 1.29 is 9.59 Å². The van der Waals surface area contributed by atoms with Crippen molar-refractivity contribution in [2.24, 2.45) is 0 Å². The van der Waals surface area contributed by atoms with Gasteiger partial charge in [0.15, 0.2) is 0 Å². The van der Waals surface area contributed by atoms with Crippen LogP contribution in [-0.4, -0.2) is 58.9 Å². The van der Waals surface area contributed by atoms with E-state index < -0.39 is 0 Å². The number of rotatable bonds is 2. The largest absolute Gasteiger partial charge is 0.354 e. The summed E-state index contributed by atoms with van der Waals surface area (Å²) in [4.78, 5) is 36.4. The first kappa shape index (κ1) is 13.8. The van der Waals surface area contributed by atoms with Gasteiger partial charge in [0.25, 0.3) is 0 Å². The van der Waals surface area contributed by atoms with Gasteiger partial charge in [0.05, 0.1) is 6.54 Å². The highest BCUT2D eigenvalue weighted by molar-refractivity contribution is 5.89. The van der Waals surface area contributed by atoms with Gasteiger partial charge in [-0.25, -0.2) is 9.97 Å². The molecule has 0 spiro atoms. The van der Waals surface area contributed by atoms with Crippen LogP contribution in [0.15, 0.2) is 18.5 Å². The van der Waals surface area contributed by atoms with E-state index >= 15 is 0 Å². The van der Waals surface area contributed by atoms with Crippen LogP contribution < -0.4 is 10.2 Å². The minimum Gasteiger partial charge on any atom is -0.354 e. The fraction of sp³-hybridized carbons (Fsp3) is 0.571. The summed E-state index contributed by atoms with van der Waals surface area (Å²) >= 11 is 0. The molecule has 2 saturated heterocycles. The summed E-state index contributed by atoms with van der Waals surface area (Å²) in [6.07, 6.45) is 5.89. The van der Waals surface area contributed by atoms with Crippen molar-refractivity contribution in [3.63, 3.8) is 0 Å². The van der Waals surface area contributed by atoms with Gasteiger partial charge in [-0.1, -0.05) is 0 Å². The lowest BCUT2D eigenvalue weighted by atomic mass is 10.2. The van der Waals surface area contributed by atoms with Gasteiger partial charge in [-0.05, 0) is 25.3 Å². The Kier molecular flexibility index (Phi) is 3.98. The second kappa shape index (κ2) is 6.07. The standard InChI is InChI=1S/C14H19N5O2/c20-12-10-18(8-3-7-15-12)13(21)11-4-1-9-19(11)14-16-5-2-6-17-14/h2,5-6,11H,1,3-4,7-10H2,(H,15,20). The van der Waals surface area contributed by atoms with E-state index in [4.69, 9.17) is 0 Å². The van der Waals surface area contributed by atoms with Gasteiger partial charge < -0.3 is 15.1 Å². The molecule has 0 radical (unpaired) electrons. The van der Waals surface area contributed by atoms with E-state index in [0.717, 1.165) is 25.8 Å². The van der Waals surface area contributed by atoms with Crippen LogP contribution in [0.5, 0.6) is 0 Å². The van der Waals surface area contributed by atoms with Crippen molar-refractivity contribution in [2.45, 2.75) is 25.3 Å². The highest BCUT2D eigenvalue weighted by atomic mass is 16.2. The zero-order valence-corrected chi connectivity index (χ0v) is 11.9. The first-order valence-corrected chi connectivity index (χ1v) is 7.35. The Morgan fingerprint density at radius 3 is 2.86 bits per heavy atom. The number of anilines is 1. The minimum atomic E-state index is -0.252. The topological polar surface area (TPSA) is 78.4 Å². The minimum absolute atomic E-state index is 0.0111. The molecule has 2 amide bonds. The maximum atomic E-state index is 12.7. The number of nitrogens with zero attached hydrogens (tertiary/aromatic N) is 4. The molecule has 1 N–H and O–H groups in total. The maximum absolute atomic E-state index is 12.7. The van der Waals surface area contributed by atoms with Crippen molar-refractivity contribution in [2.75, 3.05) is 31.1 Å². The van der Waals surface area contributed by atoms with Gasteiger partial charge in [-0.3, -0.25) is 9.59 Å². The van der Waals surface area contributed by atoms with Crippen LogP contribution in [0.3, 0.4) is 0 Å². The molecule has 1 unspecified atom stereocenters. The molecule has 7 heteroatoms. The second-order valence-electron chi connectivity index (χ2n) is 5.36. The van der Waals surface area contributed by atoms with Crippen molar-refractivity contribution in [3.05, 3.63) is 18.5 Å². The second-order valence-corrected chi connectivity index (χ2v) is 5.36. The summed E-state index contributed by atoms with van der Waals surface area (Å²) in [6.45, 7) is 2.19. The number of hydrogen-bond acceptors (Lipinski definition) is 5. The van der Waals surface area contributed by atoms with Crippen molar-refractivity contribution >= 4 is 17.8 Å². The fourth-order valence-corrected chi connectivity index (χ4v) is 2.91. The molecule has 0 aliphatic carbocycles. The Morgan fingerprint density at radius 2 is 2.05 bits per heavy atom. The zero-order valence-electron chi connectivity index (χ0n) is 11.9. The summed E-state index contributed by atoms with van der Waals surface area (Å²) < 4.78 is 0. The fourth-order valence-electron chi connectivity index (χ4n) is 2.91. The summed E-state index contributed by atoms with van der Waals surface area (Å²) in [7, 11) is 0. The van der Waals surface area contributed by atoms with Crippen LogP contribution in [0.25, 0.3) is 0 Å². The van der Waals surface area contributed by atoms with Crippen LogP contribution in [0.4, 0.5) is 5.95 Å². The van der Waals surface area contributed by atoms with E-state index in [1.165, 1.54) is 0 Å². The highest BCUT2D eigenvalue weighted by Gasteiger charge is 2.35. The summed E-state index contributed by atoms with van der Waals surface area (Å²) in [5.41, 5.74) is 0. The van der Waals surface area contributed by atoms with Crippen LogP contribution in [-0.2, 0) is 9.59 Å². The quantitative estimate of drug-likeness (QED) is 0.815. The maximum Gasteiger partial charge on any atom is 0.245 e. The van der Waals surface area contributed by atoms with E-state index in [9.17, 15) is 9.59 Å². The average Bonchev–Trinajstić information content (AvgIpc) is 2.90. The average molecular weight is 289 g/mol. The third-order valence-corrected chi connectivity index (χ3v) is 3.92. The molecule has 112 valence electrons. The Bertz CT molecular complexity index is 521. The molecule has 1 aromatic rings. The number of aromatic nitrogens is 2. The van der Waals surface area contributed by atoms with Crippen molar-refractivity contribution in [1.29, 1.82) is 0 Å². The van der Waals surface area contributed by atoms with Crippen LogP contribution in [0.1, 0.15) is 19.3 Å². The van der Waals surface area contributed by atoms with Gasteiger partial charge >= 0.3 is 0 Å². The van der Waals surface area contributed by atoms with Crippen molar-refractivity contribution in [3.8, 4) is 0 Å². The van der Waals surface area contributed by atoms with E-state index in [0.29, 0.717) is 19.0 Å². The lowest BCUT2D eigenvalue weighted by Gasteiger charge is -2.28. The van der Waals surface area contributed by atoms with Crippen LogP contribution >= 0.6 is 0 Å². The smallest absolute Gasteiger partial charge is 0.245 e. The first-order chi connectivity index (χ1) is 10.3. The summed E-state index contributed by atoms with van der Waals surface area (Å²) in [5, 5.41) is 2.79. The van der Waals surface area contributed by atoms with Crippen LogP contribution in [0, 0.1) is 0 Å². The number of amides is 2. The van der Waals surface area contributed by atoms with Crippen molar-refractivity contribution in [1.82, 2.24) is 20.2 Å². The van der Waals surface area contributed by atoms with E-state index in [1.54, 1.807) is 23.4 Å². The number of nitrogens with one attached hydrogen (secondary N) is 1. The Labute approximate surface area is 123 Å². The molecular weight excluding hydrogens is 270 g/mol. The zero-order chi connectivity index (χ0) is 14.7. The Balaban J connectivity index is 1.75. The van der Waals surface area contributed by atoms with Gasteiger partial charge in [0, 0.05) is 32.0 Å².